The van der Waals surface area contributed by atoms with Gasteiger partial charge in [-0.15, -0.1) is 11.6 Å². The highest BCUT2D eigenvalue weighted by Gasteiger charge is 2.32. The standard InChI is InChI=1S/C8H16ClF2NO2S/c1-8(2,3)6(4-5-9)12-15(13,14)7(10)11/h6-7,12H,4-5H2,1-3H3. The largest absolute Gasteiger partial charge is 0.350 e. The van der Waals surface area contributed by atoms with E-state index in [1.54, 1.807) is 20.8 Å². The molecule has 0 aromatic rings. The first kappa shape index (κ1) is 15.1. The molecule has 0 bridgehead atoms. The lowest BCUT2D eigenvalue weighted by Gasteiger charge is -2.30. The van der Waals surface area contributed by atoms with E-state index in [-0.39, 0.29) is 5.88 Å². The molecule has 1 atom stereocenters. The highest BCUT2D eigenvalue weighted by molar-refractivity contribution is 7.89. The molecule has 92 valence electrons. The molecule has 7 heteroatoms. The van der Waals surface area contributed by atoms with Gasteiger partial charge < -0.3 is 0 Å². The Bertz CT molecular complexity index is 288. The Kier molecular flexibility index (Phi) is 5.43. The zero-order valence-corrected chi connectivity index (χ0v) is 10.5. The van der Waals surface area contributed by atoms with Gasteiger partial charge in [-0.1, -0.05) is 20.8 Å². The van der Waals surface area contributed by atoms with E-state index < -0.39 is 27.2 Å². The van der Waals surface area contributed by atoms with Gasteiger partial charge in [0.05, 0.1) is 0 Å². The van der Waals surface area contributed by atoms with Crippen molar-refractivity contribution in [2.75, 3.05) is 5.88 Å². The minimum atomic E-state index is -4.54. The highest BCUT2D eigenvalue weighted by Crippen LogP contribution is 2.23. The van der Waals surface area contributed by atoms with Crippen LogP contribution in [0.15, 0.2) is 0 Å². The van der Waals surface area contributed by atoms with Crippen LogP contribution in [0, 0.1) is 5.41 Å². The summed E-state index contributed by atoms with van der Waals surface area (Å²) in [4.78, 5) is 0. The zero-order chi connectivity index (χ0) is 12.3. The second-order valence-corrected chi connectivity index (χ2v) is 6.38. The summed E-state index contributed by atoms with van der Waals surface area (Å²) in [5, 5.41) is 0. The average molecular weight is 264 g/mol. The van der Waals surface area contributed by atoms with Gasteiger partial charge in [0, 0.05) is 11.9 Å². The average Bonchev–Trinajstić information content (AvgIpc) is 2.01. The molecule has 0 heterocycles. The van der Waals surface area contributed by atoms with Gasteiger partial charge in [-0.05, 0) is 11.8 Å². The van der Waals surface area contributed by atoms with Crippen molar-refractivity contribution in [1.29, 1.82) is 0 Å². The van der Waals surface area contributed by atoms with E-state index in [2.05, 4.69) is 0 Å². The molecular formula is C8H16ClF2NO2S. The van der Waals surface area contributed by atoms with Crippen molar-refractivity contribution in [3.63, 3.8) is 0 Å². The maximum absolute atomic E-state index is 12.1. The fourth-order valence-electron chi connectivity index (χ4n) is 1.03. The van der Waals surface area contributed by atoms with Crippen molar-refractivity contribution in [1.82, 2.24) is 4.72 Å². The molecule has 0 aromatic heterocycles. The summed E-state index contributed by atoms with van der Waals surface area (Å²) in [6.45, 7) is 5.29. The molecule has 0 rings (SSSR count). The molecule has 0 saturated carbocycles. The normalized spacial score (nSPS) is 15.7. The van der Waals surface area contributed by atoms with Crippen LogP contribution < -0.4 is 4.72 Å². The Labute approximate surface area is 94.2 Å². The summed E-state index contributed by atoms with van der Waals surface area (Å²) in [7, 11) is -4.54. The smallest absolute Gasteiger partial charge is 0.207 e. The molecule has 0 aromatic carbocycles. The third-order valence-corrected chi connectivity index (χ3v) is 3.28. The van der Waals surface area contributed by atoms with Gasteiger partial charge in [0.2, 0.25) is 0 Å². The van der Waals surface area contributed by atoms with Gasteiger partial charge in [-0.2, -0.15) is 8.78 Å². The number of rotatable bonds is 5. The van der Waals surface area contributed by atoms with Crippen LogP contribution in [0.2, 0.25) is 0 Å². The monoisotopic (exact) mass is 263 g/mol. The third-order valence-electron chi connectivity index (χ3n) is 1.98. The molecule has 15 heavy (non-hydrogen) atoms. The summed E-state index contributed by atoms with van der Waals surface area (Å²) in [6.07, 6.45) is 0.316. The molecule has 0 aliphatic rings. The van der Waals surface area contributed by atoms with Gasteiger partial charge in [0.1, 0.15) is 0 Å². The Morgan fingerprint density at radius 2 is 1.80 bits per heavy atom. The molecule has 0 spiro atoms. The molecule has 0 radical (unpaired) electrons. The second kappa shape index (κ2) is 5.41. The Balaban J connectivity index is 4.71. The maximum atomic E-state index is 12.1. The molecule has 0 aliphatic carbocycles. The van der Waals surface area contributed by atoms with Crippen molar-refractivity contribution in [2.24, 2.45) is 5.41 Å². The first-order valence-corrected chi connectivity index (χ1v) is 6.54. The van der Waals surface area contributed by atoms with Crippen molar-refractivity contribution in [2.45, 2.75) is 39.0 Å². The van der Waals surface area contributed by atoms with E-state index in [1.807, 2.05) is 4.72 Å². The lowest BCUT2D eigenvalue weighted by Crippen LogP contribution is -2.45. The summed E-state index contributed by atoms with van der Waals surface area (Å²) < 4.78 is 48.1. The van der Waals surface area contributed by atoms with Crippen LogP contribution in [0.1, 0.15) is 27.2 Å². The van der Waals surface area contributed by atoms with E-state index in [9.17, 15) is 17.2 Å². The van der Waals surface area contributed by atoms with Crippen LogP contribution in [0.5, 0.6) is 0 Å². The molecular weight excluding hydrogens is 248 g/mol. The molecule has 3 nitrogen and oxygen atoms in total. The van der Waals surface area contributed by atoms with E-state index in [0.29, 0.717) is 6.42 Å². The van der Waals surface area contributed by atoms with Crippen LogP contribution in [0.4, 0.5) is 8.78 Å². The minimum absolute atomic E-state index is 0.216. The highest BCUT2D eigenvalue weighted by atomic mass is 35.5. The molecule has 1 unspecified atom stereocenters. The van der Waals surface area contributed by atoms with E-state index in [1.165, 1.54) is 0 Å². The molecule has 0 aliphatic heterocycles. The molecule has 0 amide bonds. The zero-order valence-electron chi connectivity index (χ0n) is 8.93. The second-order valence-electron chi connectivity index (χ2n) is 4.32. The van der Waals surface area contributed by atoms with E-state index in [4.69, 9.17) is 11.6 Å². The first-order valence-electron chi connectivity index (χ1n) is 4.46. The van der Waals surface area contributed by atoms with Gasteiger partial charge in [0.25, 0.3) is 10.0 Å². The van der Waals surface area contributed by atoms with Gasteiger partial charge in [-0.3, -0.25) is 0 Å². The quantitative estimate of drug-likeness (QED) is 0.773. The number of nitrogens with one attached hydrogen (secondary N) is 1. The summed E-state index contributed by atoms with van der Waals surface area (Å²) in [6, 6.07) is -0.589. The van der Waals surface area contributed by atoms with Gasteiger partial charge in [-0.25, -0.2) is 13.1 Å². The topological polar surface area (TPSA) is 46.2 Å². The fraction of sp³-hybridized carbons (Fsp3) is 1.00. The molecule has 1 N–H and O–H groups in total. The Hall–Kier alpha value is 0.0600. The predicted molar refractivity (Wildman–Crippen MR) is 56.6 cm³/mol. The van der Waals surface area contributed by atoms with Crippen LogP contribution in [0.25, 0.3) is 0 Å². The Morgan fingerprint density at radius 1 is 1.33 bits per heavy atom. The van der Waals surface area contributed by atoms with Crippen molar-refractivity contribution in [3.8, 4) is 0 Å². The predicted octanol–water partition coefficient (Wildman–Crippen LogP) is 2.17. The van der Waals surface area contributed by atoms with E-state index >= 15 is 0 Å². The SMILES string of the molecule is CC(C)(C)C(CCCl)NS(=O)(=O)C(F)F. The van der Waals surface area contributed by atoms with Crippen LogP contribution in [-0.2, 0) is 10.0 Å². The maximum Gasteiger partial charge on any atom is 0.350 e. The van der Waals surface area contributed by atoms with Crippen molar-refractivity contribution in [3.05, 3.63) is 0 Å². The number of alkyl halides is 3. The summed E-state index contributed by atoms with van der Waals surface area (Å²) >= 11 is 5.49. The molecule has 0 fully saturated rings. The van der Waals surface area contributed by atoms with Crippen LogP contribution in [-0.4, -0.2) is 26.1 Å². The number of hydrogen-bond donors (Lipinski definition) is 1. The van der Waals surface area contributed by atoms with Gasteiger partial charge >= 0.3 is 5.76 Å². The summed E-state index contributed by atoms with van der Waals surface area (Å²) in [5.41, 5.74) is -0.448. The first-order chi connectivity index (χ1) is 6.61. The lowest BCUT2D eigenvalue weighted by atomic mass is 9.86. The van der Waals surface area contributed by atoms with Crippen LogP contribution >= 0.6 is 11.6 Å². The van der Waals surface area contributed by atoms with E-state index in [0.717, 1.165) is 0 Å². The number of sulfonamides is 1. The lowest BCUT2D eigenvalue weighted by molar-refractivity contribution is 0.224. The minimum Gasteiger partial charge on any atom is -0.207 e. The fourth-order valence-corrected chi connectivity index (χ4v) is 2.22. The van der Waals surface area contributed by atoms with Crippen molar-refractivity contribution >= 4 is 21.6 Å². The number of halogens is 3. The third kappa shape index (κ3) is 5.08. The number of hydrogen-bond acceptors (Lipinski definition) is 2. The van der Waals surface area contributed by atoms with Crippen LogP contribution in [0.3, 0.4) is 0 Å². The van der Waals surface area contributed by atoms with Crippen molar-refractivity contribution < 1.29 is 17.2 Å². The Morgan fingerprint density at radius 3 is 2.07 bits per heavy atom. The summed E-state index contributed by atoms with van der Waals surface area (Å²) in [5.74, 6) is -3.19. The van der Waals surface area contributed by atoms with Gasteiger partial charge in [0.15, 0.2) is 0 Å². The molecule has 0 saturated heterocycles.